The van der Waals surface area contributed by atoms with Gasteiger partial charge in [0.1, 0.15) is 5.60 Å². The first-order valence-corrected chi connectivity index (χ1v) is 7.53. The number of aliphatic hydroxyl groups is 1. The molecule has 0 radical (unpaired) electrons. The molecule has 0 bridgehead atoms. The molecule has 0 saturated carbocycles. The van der Waals surface area contributed by atoms with Crippen LogP contribution < -0.4 is 14.4 Å². The zero-order chi connectivity index (χ0) is 16.0. The van der Waals surface area contributed by atoms with E-state index in [1.807, 2.05) is 36.2 Å². The molecule has 0 aliphatic carbocycles. The number of fused-ring (bicyclic) bond motifs is 2. The molecule has 4 rings (SSSR count). The van der Waals surface area contributed by atoms with Crippen molar-refractivity contribution < 1.29 is 19.4 Å². The molecular formula is C18H17NO4. The van der Waals surface area contributed by atoms with E-state index in [4.69, 9.17) is 9.47 Å². The summed E-state index contributed by atoms with van der Waals surface area (Å²) in [5, 5.41) is 11.0. The number of ketones is 1. The monoisotopic (exact) mass is 311 g/mol. The number of carbonyl (C=O) groups excluding carboxylic acids is 1. The topological polar surface area (TPSA) is 59.0 Å². The minimum atomic E-state index is -1.17. The van der Waals surface area contributed by atoms with E-state index in [9.17, 15) is 9.90 Å². The summed E-state index contributed by atoms with van der Waals surface area (Å²) < 4.78 is 10.6. The average Bonchev–Trinajstić information content (AvgIpc) is 3.10. The normalized spacial score (nSPS) is 21.4. The van der Waals surface area contributed by atoms with Crippen molar-refractivity contribution in [2.45, 2.75) is 12.0 Å². The van der Waals surface area contributed by atoms with Crippen molar-refractivity contribution in [3.63, 3.8) is 0 Å². The average molecular weight is 311 g/mol. The second kappa shape index (κ2) is 4.99. The molecule has 1 unspecified atom stereocenters. The largest absolute Gasteiger partial charge is 0.454 e. The van der Waals surface area contributed by atoms with E-state index in [-0.39, 0.29) is 19.0 Å². The smallest absolute Gasteiger partial charge is 0.231 e. The number of hydrogen-bond acceptors (Lipinski definition) is 5. The van der Waals surface area contributed by atoms with E-state index >= 15 is 0 Å². The van der Waals surface area contributed by atoms with Crippen molar-refractivity contribution in [2.24, 2.45) is 0 Å². The first-order valence-electron chi connectivity index (χ1n) is 7.53. The highest BCUT2D eigenvalue weighted by Crippen LogP contribution is 2.41. The van der Waals surface area contributed by atoms with Crippen LogP contribution in [0.3, 0.4) is 0 Å². The Kier molecular flexibility index (Phi) is 3.06. The van der Waals surface area contributed by atoms with Crippen LogP contribution in [0.4, 0.5) is 5.69 Å². The standard InChI is InChI=1S/C18H17NO4/c1-19-10-18(21,13-4-2-3-5-14(13)19)9-15(20)12-6-7-16-17(8-12)23-11-22-16/h2-8,21H,9-11H2,1H3. The predicted molar refractivity (Wildman–Crippen MR) is 85.1 cm³/mol. The Morgan fingerprint density at radius 3 is 2.87 bits per heavy atom. The van der Waals surface area contributed by atoms with Gasteiger partial charge in [-0.2, -0.15) is 0 Å². The lowest BCUT2D eigenvalue weighted by Crippen LogP contribution is -2.34. The highest BCUT2D eigenvalue weighted by molar-refractivity contribution is 5.97. The van der Waals surface area contributed by atoms with Gasteiger partial charge in [0.05, 0.1) is 6.54 Å². The first kappa shape index (κ1) is 14.1. The number of anilines is 1. The van der Waals surface area contributed by atoms with Gasteiger partial charge in [0, 0.05) is 30.3 Å². The van der Waals surface area contributed by atoms with Crippen LogP contribution in [0.1, 0.15) is 22.3 Å². The molecule has 1 atom stereocenters. The van der Waals surface area contributed by atoms with Gasteiger partial charge in [-0.15, -0.1) is 0 Å². The van der Waals surface area contributed by atoms with Crippen molar-refractivity contribution in [2.75, 3.05) is 25.3 Å². The van der Waals surface area contributed by atoms with Crippen LogP contribution in [-0.2, 0) is 5.60 Å². The molecule has 2 aromatic rings. The summed E-state index contributed by atoms with van der Waals surface area (Å²) in [5.41, 5.74) is 1.12. The lowest BCUT2D eigenvalue weighted by molar-refractivity contribution is 0.0411. The van der Waals surface area contributed by atoms with Crippen molar-refractivity contribution in [3.05, 3.63) is 53.6 Å². The fourth-order valence-electron chi connectivity index (χ4n) is 3.35. The Hall–Kier alpha value is -2.53. The van der Waals surface area contributed by atoms with Gasteiger partial charge in [0.2, 0.25) is 6.79 Å². The number of Topliss-reactive ketones (excluding diaryl/α,β-unsaturated/α-hetero) is 1. The quantitative estimate of drug-likeness (QED) is 0.882. The fraction of sp³-hybridized carbons (Fsp3) is 0.278. The van der Waals surface area contributed by atoms with E-state index in [1.54, 1.807) is 18.2 Å². The van der Waals surface area contributed by atoms with Gasteiger partial charge in [-0.25, -0.2) is 0 Å². The van der Waals surface area contributed by atoms with Crippen LogP contribution in [0, 0.1) is 0 Å². The van der Waals surface area contributed by atoms with Crippen molar-refractivity contribution in [1.29, 1.82) is 0 Å². The summed E-state index contributed by atoms with van der Waals surface area (Å²) in [4.78, 5) is 14.6. The van der Waals surface area contributed by atoms with E-state index in [0.29, 0.717) is 23.6 Å². The molecule has 1 N–H and O–H groups in total. The number of likely N-dealkylation sites (N-methyl/N-ethyl adjacent to an activating group) is 1. The molecule has 118 valence electrons. The van der Waals surface area contributed by atoms with E-state index < -0.39 is 5.60 Å². The number of nitrogens with zero attached hydrogens (tertiary/aromatic N) is 1. The third kappa shape index (κ3) is 2.24. The molecule has 5 nitrogen and oxygen atoms in total. The van der Waals surface area contributed by atoms with Crippen LogP contribution in [0.15, 0.2) is 42.5 Å². The van der Waals surface area contributed by atoms with Crippen LogP contribution >= 0.6 is 0 Å². The van der Waals surface area contributed by atoms with Gasteiger partial charge in [-0.05, 0) is 24.3 Å². The molecule has 2 aliphatic rings. The third-order valence-electron chi connectivity index (χ3n) is 4.46. The lowest BCUT2D eigenvalue weighted by Gasteiger charge is -2.23. The van der Waals surface area contributed by atoms with Gasteiger partial charge < -0.3 is 19.5 Å². The molecule has 0 amide bonds. The Labute approximate surface area is 134 Å². The molecular weight excluding hydrogens is 294 g/mol. The molecule has 0 aromatic heterocycles. The molecule has 0 fully saturated rings. The minimum absolute atomic E-state index is 0.0357. The molecule has 23 heavy (non-hydrogen) atoms. The van der Waals surface area contributed by atoms with Gasteiger partial charge >= 0.3 is 0 Å². The van der Waals surface area contributed by atoms with Crippen molar-refractivity contribution in [1.82, 2.24) is 0 Å². The van der Waals surface area contributed by atoms with Crippen LogP contribution in [0.2, 0.25) is 0 Å². The van der Waals surface area contributed by atoms with Crippen molar-refractivity contribution in [3.8, 4) is 11.5 Å². The Balaban J connectivity index is 1.62. The van der Waals surface area contributed by atoms with Crippen molar-refractivity contribution >= 4 is 11.5 Å². The van der Waals surface area contributed by atoms with Gasteiger partial charge in [-0.3, -0.25) is 4.79 Å². The van der Waals surface area contributed by atoms with Gasteiger partial charge in [0.25, 0.3) is 0 Å². The predicted octanol–water partition coefficient (Wildman–Crippen LogP) is 2.33. The number of β-amino-alcohol motifs (C(OH)–C–C–N with tert-alkyl or cyclic N) is 1. The highest BCUT2D eigenvalue weighted by Gasteiger charge is 2.41. The lowest BCUT2D eigenvalue weighted by atomic mass is 9.88. The number of rotatable bonds is 3. The number of benzene rings is 2. The molecule has 2 aromatic carbocycles. The second-order valence-electron chi connectivity index (χ2n) is 6.07. The number of para-hydroxylation sites is 1. The zero-order valence-corrected chi connectivity index (χ0v) is 12.8. The highest BCUT2D eigenvalue weighted by atomic mass is 16.7. The van der Waals surface area contributed by atoms with Gasteiger partial charge in [0.15, 0.2) is 17.3 Å². The summed E-state index contributed by atoms with van der Waals surface area (Å²) in [6, 6.07) is 12.8. The molecule has 0 saturated heterocycles. The molecule has 2 aliphatic heterocycles. The number of carbonyl (C=O) groups is 1. The van der Waals surface area contributed by atoms with Crippen LogP contribution in [-0.4, -0.2) is 31.3 Å². The number of ether oxygens (including phenoxy) is 2. The van der Waals surface area contributed by atoms with Crippen LogP contribution in [0.5, 0.6) is 11.5 Å². The SMILES string of the molecule is CN1CC(O)(CC(=O)c2ccc3c(c2)OCO3)c2ccccc21. The van der Waals surface area contributed by atoms with Gasteiger partial charge in [-0.1, -0.05) is 18.2 Å². The second-order valence-corrected chi connectivity index (χ2v) is 6.07. The summed E-state index contributed by atoms with van der Waals surface area (Å²) in [6.07, 6.45) is 0.0357. The maximum atomic E-state index is 12.6. The number of hydrogen-bond donors (Lipinski definition) is 1. The van der Waals surface area contributed by atoms with E-state index in [2.05, 4.69) is 0 Å². The zero-order valence-electron chi connectivity index (χ0n) is 12.8. The minimum Gasteiger partial charge on any atom is -0.454 e. The molecule has 0 spiro atoms. The summed E-state index contributed by atoms with van der Waals surface area (Å²) >= 11 is 0. The Bertz CT molecular complexity index is 788. The molecule has 5 heteroatoms. The summed E-state index contributed by atoms with van der Waals surface area (Å²) in [6.45, 7) is 0.581. The summed E-state index contributed by atoms with van der Waals surface area (Å²) in [7, 11) is 1.92. The molecule has 2 heterocycles. The fourth-order valence-corrected chi connectivity index (χ4v) is 3.35. The first-order chi connectivity index (χ1) is 11.1. The van der Waals surface area contributed by atoms with E-state index in [1.165, 1.54) is 0 Å². The van der Waals surface area contributed by atoms with E-state index in [0.717, 1.165) is 11.3 Å². The Morgan fingerprint density at radius 1 is 1.22 bits per heavy atom. The maximum Gasteiger partial charge on any atom is 0.231 e. The summed E-state index contributed by atoms with van der Waals surface area (Å²) in [5.74, 6) is 1.11. The van der Waals surface area contributed by atoms with Crippen LogP contribution in [0.25, 0.3) is 0 Å². The Morgan fingerprint density at radius 2 is 2.00 bits per heavy atom. The third-order valence-corrected chi connectivity index (χ3v) is 4.46. The maximum absolute atomic E-state index is 12.6.